The van der Waals surface area contributed by atoms with E-state index in [-0.39, 0.29) is 5.75 Å². The van der Waals surface area contributed by atoms with Gasteiger partial charge in [-0.05, 0) is 34.4 Å². The van der Waals surface area contributed by atoms with Crippen LogP contribution in [0.5, 0.6) is 11.5 Å². The largest absolute Gasteiger partial charge is 0.504 e. The van der Waals surface area contributed by atoms with E-state index < -0.39 is 0 Å². The molecule has 6 rings (SSSR count). The molecule has 0 aliphatic carbocycles. The van der Waals surface area contributed by atoms with Gasteiger partial charge in [0.2, 0.25) is 5.95 Å². The molecule has 0 amide bonds. The third-order valence-corrected chi connectivity index (χ3v) is 5.72. The summed E-state index contributed by atoms with van der Waals surface area (Å²) >= 11 is 0. The molecular formula is C26H19N5O2. The number of aromatic hydroxyl groups is 1. The Kier molecular flexibility index (Phi) is 4.33. The SMILES string of the molecule is COc1ccc(Nc2ncc3cnn(-c4cccc5ccc6ccccc6c45)c3n2)cc1O. The lowest BCUT2D eigenvalue weighted by Crippen LogP contribution is -2.02. The number of aromatic nitrogens is 4. The van der Waals surface area contributed by atoms with Crippen LogP contribution in [0.2, 0.25) is 0 Å². The van der Waals surface area contributed by atoms with Crippen molar-refractivity contribution in [2.24, 2.45) is 0 Å². The molecule has 0 fully saturated rings. The molecule has 2 heterocycles. The third-order valence-electron chi connectivity index (χ3n) is 5.72. The predicted octanol–water partition coefficient (Wildman–Crippen LogP) is 5.58. The number of hydrogen-bond donors (Lipinski definition) is 2. The van der Waals surface area contributed by atoms with E-state index >= 15 is 0 Å². The van der Waals surface area contributed by atoms with Gasteiger partial charge < -0.3 is 15.2 Å². The fraction of sp³-hybridized carbons (Fsp3) is 0.0385. The number of phenolic OH excluding ortho intramolecular Hbond substituents is 1. The average molecular weight is 433 g/mol. The third kappa shape index (κ3) is 3.18. The summed E-state index contributed by atoms with van der Waals surface area (Å²) < 4.78 is 6.96. The van der Waals surface area contributed by atoms with E-state index in [1.807, 2.05) is 22.9 Å². The Morgan fingerprint density at radius 2 is 1.73 bits per heavy atom. The Hall–Kier alpha value is -4.65. The van der Waals surface area contributed by atoms with Gasteiger partial charge in [-0.2, -0.15) is 10.1 Å². The second kappa shape index (κ2) is 7.49. The number of anilines is 2. The quantitative estimate of drug-likeness (QED) is 0.353. The lowest BCUT2D eigenvalue weighted by atomic mass is 10.0. The van der Waals surface area contributed by atoms with E-state index in [0.717, 1.165) is 27.2 Å². The van der Waals surface area contributed by atoms with Crippen LogP contribution in [0.4, 0.5) is 11.6 Å². The molecule has 0 bridgehead atoms. The van der Waals surface area contributed by atoms with Crippen LogP contribution in [0.1, 0.15) is 0 Å². The standard InChI is InChI=1S/C26H19N5O2/c1-33-23-12-11-19(13-22(23)32)29-26-27-14-18-15-28-31(25(18)30-26)21-8-4-6-17-10-9-16-5-2-3-7-20(16)24(17)21/h2-15,32H,1H3,(H,27,29,30). The van der Waals surface area contributed by atoms with Crippen molar-refractivity contribution in [1.29, 1.82) is 0 Å². The van der Waals surface area contributed by atoms with Crippen molar-refractivity contribution >= 4 is 44.2 Å². The molecule has 160 valence electrons. The molecule has 6 aromatic rings. The van der Waals surface area contributed by atoms with E-state index in [1.54, 1.807) is 30.6 Å². The molecule has 0 aliphatic rings. The van der Waals surface area contributed by atoms with E-state index in [9.17, 15) is 5.11 Å². The molecule has 0 aliphatic heterocycles. The molecule has 0 spiro atoms. The second-order valence-corrected chi connectivity index (χ2v) is 7.70. The van der Waals surface area contributed by atoms with Crippen LogP contribution in [-0.2, 0) is 0 Å². The van der Waals surface area contributed by atoms with E-state index in [0.29, 0.717) is 23.0 Å². The summed E-state index contributed by atoms with van der Waals surface area (Å²) in [7, 11) is 1.51. The number of nitrogens with one attached hydrogen (secondary N) is 1. The van der Waals surface area contributed by atoms with Gasteiger partial charge in [0.15, 0.2) is 17.1 Å². The summed E-state index contributed by atoms with van der Waals surface area (Å²) in [5, 5.41) is 23.3. The molecule has 4 aromatic carbocycles. The van der Waals surface area contributed by atoms with Crippen molar-refractivity contribution in [3.8, 4) is 17.2 Å². The first-order valence-corrected chi connectivity index (χ1v) is 10.5. The Bertz CT molecular complexity index is 1660. The first kappa shape index (κ1) is 19.1. The number of fused-ring (bicyclic) bond motifs is 4. The smallest absolute Gasteiger partial charge is 0.229 e. The first-order chi connectivity index (χ1) is 16.2. The average Bonchev–Trinajstić information content (AvgIpc) is 3.27. The maximum atomic E-state index is 10.1. The van der Waals surface area contributed by atoms with Crippen LogP contribution < -0.4 is 10.1 Å². The molecule has 7 heteroatoms. The molecule has 7 nitrogen and oxygen atoms in total. The van der Waals surface area contributed by atoms with Gasteiger partial charge in [0.25, 0.3) is 0 Å². The molecule has 0 saturated carbocycles. The second-order valence-electron chi connectivity index (χ2n) is 7.70. The van der Waals surface area contributed by atoms with Crippen LogP contribution in [0.25, 0.3) is 38.3 Å². The Morgan fingerprint density at radius 1 is 0.879 bits per heavy atom. The maximum Gasteiger partial charge on any atom is 0.229 e. The Labute approximate surface area is 188 Å². The number of phenols is 1. The van der Waals surface area contributed by atoms with Crippen molar-refractivity contribution in [2.45, 2.75) is 0 Å². The molecule has 0 saturated heterocycles. The number of hydrogen-bond acceptors (Lipinski definition) is 6. The van der Waals surface area contributed by atoms with Gasteiger partial charge >= 0.3 is 0 Å². The Balaban J connectivity index is 1.50. The lowest BCUT2D eigenvalue weighted by molar-refractivity contribution is 0.373. The highest BCUT2D eigenvalue weighted by Crippen LogP contribution is 2.32. The molecule has 2 aromatic heterocycles. The molecular weight excluding hydrogens is 414 g/mol. The van der Waals surface area contributed by atoms with Crippen molar-refractivity contribution in [2.75, 3.05) is 12.4 Å². The summed E-state index contributed by atoms with van der Waals surface area (Å²) in [4.78, 5) is 9.14. The van der Waals surface area contributed by atoms with Crippen molar-refractivity contribution in [3.05, 3.63) is 85.2 Å². The highest BCUT2D eigenvalue weighted by molar-refractivity contribution is 6.11. The van der Waals surface area contributed by atoms with Gasteiger partial charge in [-0.3, -0.25) is 0 Å². The predicted molar refractivity (Wildman–Crippen MR) is 130 cm³/mol. The van der Waals surface area contributed by atoms with Crippen LogP contribution in [0.15, 0.2) is 85.2 Å². The summed E-state index contributed by atoms with van der Waals surface area (Å²) in [5.74, 6) is 0.841. The van der Waals surface area contributed by atoms with E-state index in [1.165, 1.54) is 12.5 Å². The Morgan fingerprint density at radius 3 is 2.61 bits per heavy atom. The van der Waals surface area contributed by atoms with Gasteiger partial charge in [-0.15, -0.1) is 0 Å². The minimum absolute atomic E-state index is 0.0382. The fourth-order valence-corrected chi connectivity index (χ4v) is 4.17. The van der Waals surface area contributed by atoms with Gasteiger partial charge in [-0.25, -0.2) is 9.67 Å². The monoisotopic (exact) mass is 433 g/mol. The summed E-state index contributed by atoms with van der Waals surface area (Å²) in [5.41, 5.74) is 2.28. The zero-order valence-corrected chi connectivity index (χ0v) is 17.7. The number of ether oxygens (including phenoxy) is 1. The zero-order chi connectivity index (χ0) is 22.4. The van der Waals surface area contributed by atoms with Gasteiger partial charge in [-0.1, -0.05) is 48.5 Å². The molecule has 0 atom stereocenters. The normalized spacial score (nSPS) is 11.3. The van der Waals surface area contributed by atoms with E-state index in [4.69, 9.17) is 9.72 Å². The van der Waals surface area contributed by atoms with Crippen LogP contribution in [0.3, 0.4) is 0 Å². The maximum absolute atomic E-state index is 10.1. The molecule has 0 unspecified atom stereocenters. The molecule has 2 N–H and O–H groups in total. The van der Waals surface area contributed by atoms with Crippen LogP contribution >= 0.6 is 0 Å². The lowest BCUT2D eigenvalue weighted by Gasteiger charge is -2.11. The fourth-order valence-electron chi connectivity index (χ4n) is 4.17. The van der Waals surface area contributed by atoms with Crippen LogP contribution in [-0.4, -0.2) is 32.0 Å². The number of methoxy groups -OCH3 is 1. The number of rotatable bonds is 4. The highest BCUT2D eigenvalue weighted by Gasteiger charge is 2.13. The molecule has 33 heavy (non-hydrogen) atoms. The summed E-state index contributed by atoms with van der Waals surface area (Å²) in [6, 6.07) is 23.8. The summed E-state index contributed by atoms with van der Waals surface area (Å²) in [6.45, 7) is 0. The molecule has 0 radical (unpaired) electrons. The number of nitrogens with zero attached hydrogens (tertiary/aromatic N) is 4. The highest BCUT2D eigenvalue weighted by atomic mass is 16.5. The van der Waals surface area contributed by atoms with Gasteiger partial charge in [0.1, 0.15) is 0 Å². The topological polar surface area (TPSA) is 85.1 Å². The zero-order valence-electron chi connectivity index (χ0n) is 17.7. The van der Waals surface area contributed by atoms with E-state index in [2.05, 4.69) is 51.8 Å². The van der Waals surface area contributed by atoms with Crippen LogP contribution in [0, 0.1) is 0 Å². The van der Waals surface area contributed by atoms with Gasteiger partial charge in [0.05, 0.1) is 24.4 Å². The first-order valence-electron chi connectivity index (χ1n) is 10.5. The van der Waals surface area contributed by atoms with Crippen molar-refractivity contribution < 1.29 is 9.84 Å². The number of benzene rings is 4. The minimum Gasteiger partial charge on any atom is -0.504 e. The summed E-state index contributed by atoms with van der Waals surface area (Å²) in [6.07, 6.45) is 3.50. The minimum atomic E-state index is 0.0382. The van der Waals surface area contributed by atoms with Gasteiger partial charge in [0, 0.05) is 23.3 Å². The van der Waals surface area contributed by atoms with Crippen molar-refractivity contribution in [3.63, 3.8) is 0 Å². The van der Waals surface area contributed by atoms with Crippen molar-refractivity contribution in [1.82, 2.24) is 19.7 Å².